The number of aliphatic hydroxyl groups excluding tert-OH is 1. The van der Waals surface area contributed by atoms with E-state index in [-0.39, 0.29) is 21.9 Å². The highest BCUT2D eigenvalue weighted by atomic mass is 35.5. The Balaban J connectivity index is 2.08. The van der Waals surface area contributed by atoms with E-state index >= 15 is 0 Å². The van der Waals surface area contributed by atoms with E-state index in [1.165, 1.54) is 31.3 Å². The van der Waals surface area contributed by atoms with Gasteiger partial charge in [0.05, 0.1) is 17.0 Å². The highest BCUT2D eigenvalue weighted by Crippen LogP contribution is 2.37. The molecule has 0 saturated heterocycles. The molecule has 23 heavy (non-hydrogen) atoms. The molecule has 0 unspecified atom stereocenters. The zero-order chi connectivity index (χ0) is 16.8. The van der Waals surface area contributed by atoms with E-state index in [4.69, 9.17) is 11.6 Å². The van der Waals surface area contributed by atoms with Crippen LogP contribution in [0.2, 0.25) is 5.02 Å². The van der Waals surface area contributed by atoms with Crippen LogP contribution in [-0.2, 0) is 16.4 Å². The maximum Gasteiger partial charge on any atom is 0.243 e. The third-order valence-electron chi connectivity index (χ3n) is 4.20. The van der Waals surface area contributed by atoms with Crippen molar-refractivity contribution in [1.82, 2.24) is 4.31 Å². The summed E-state index contributed by atoms with van der Waals surface area (Å²) in [4.78, 5) is 0.0749. The van der Waals surface area contributed by atoms with Gasteiger partial charge in [0.1, 0.15) is 5.82 Å². The standard InChI is InChI=1S/C16H15ClFNO3S/c1-19-14(9-11-12(17)6-4-7-13(11)18)16(20)10-5-2-3-8-15(10)23(19,21)22/h2-8,14,16,20H,9H2,1H3/t14-,16-/m1/s1. The summed E-state index contributed by atoms with van der Waals surface area (Å²) in [5.74, 6) is -0.519. The van der Waals surface area contributed by atoms with Crippen molar-refractivity contribution in [2.75, 3.05) is 7.05 Å². The normalized spacial score (nSPS) is 23.5. The highest BCUT2D eigenvalue weighted by Gasteiger charge is 2.41. The Hall–Kier alpha value is -1.47. The molecule has 0 aliphatic carbocycles. The second-order valence-electron chi connectivity index (χ2n) is 5.48. The Bertz CT molecular complexity index is 836. The van der Waals surface area contributed by atoms with Gasteiger partial charge in [-0.2, -0.15) is 4.31 Å². The fraction of sp³-hybridized carbons (Fsp3) is 0.250. The SMILES string of the molecule is CN1[C@H](Cc2c(F)cccc2Cl)[C@H](O)c2ccccc2S1(=O)=O. The third-order valence-corrected chi connectivity index (χ3v) is 6.51. The van der Waals surface area contributed by atoms with Gasteiger partial charge in [-0.15, -0.1) is 0 Å². The van der Waals surface area contributed by atoms with Gasteiger partial charge < -0.3 is 5.11 Å². The summed E-state index contributed by atoms with van der Waals surface area (Å²) in [5, 5.41) is 10.8. The maximum absolute atomic E-state index is 14.0. The first-order valence-corrected chi connectivity index (χ1v) is 8.83. The van der Waals surface area contributed by atoms with E-state index < -0.39 is 28.0 Å². The molecule has 1 N–H and O–H groups in total. The van der Waals surface area contributed by atoms with E-state index in [1.807, 2.05) is 0 Å². The molecule has 0 radical (unpaired) electrons. The van der Waals surface area contributed by atoms with Crippen LogP contribution in [0.15, 0.2) is 47.4 Å². The average Bonchev–Trinajstić information content (AvgIpc) is 2.52. The molecule has 0 amide bonds. The van der Waals surface area contributed by atoms with Gasteiger partial charge in [0.25, 0.3) is 0 Å². The van der Waals surface area contributed by atoms with Gasteiger partial charge in [0.2, 0.25) is 10.0 Å². The van der Waals surface area contributed by atoms with Crippen LogP contribution in [0.25, 0.3) is 0 Å². The molecule has 4 nitrogen and oxygen atoms in total. The second-order valence-corrected chi connectivity index (χ2v) is 7.85. The third kappa shape index (κ3) is 2.65. The van der Waals surface area contributed by atoms with Crippen molar-refractivity contribution in [2.24, 2.45) is 0 Å². The lowest BCUT2D eigenvalue weighted by molar-refractivity contribution is 0.0887. The number of benzene rings is 2. The van der Waals surface area contributed by atoms with Crippen molar-refractivity contribution in [3.8, 4) is 0 Å². The van der Waals surface area contributed by atoms with Crippen LogP contribution < -0.4 is 0 Å². The fourth-order valence-electron chi connectivity index (χ4n) is 2.88. The van der Waals surface area contributed by atoms with Gasteiger partial charge in [-0.3, -0.25) is 0 Å². The van der Waals surface area contributed by atoms with Crippen molar-refractivity contribution in [3.05, 3.63) is 64.4 Å². The van der Waals surface area contributed by atoms with Gasteiger partial charge in [-0.25, -0.2) is 12.8 Å². The zero-order valence-corrected chi connectivity index (χ0v) is 13.9. The minimum atomic E-state index is -3.74. The fourth-order valence-corrected chi connectivity index (χ4v) is 4.71. The molecular formula is C16H15ClFNO3S. The van der Waals surface area contributed by atoms with Crippen LogP contribution >= 0.6 is 11.6 Å². The Morgan fingerprint density at radius 2 is 1.91 bits per heavy atom. The molecule has 1 aliphatic heterocycles. The van der Waals surface area contributed by atoms with Gasteiger partial charge in [-0.05, 0) is 24.6 Å². The number of nitrogens with zero attached hydrogens (tertiary/aromatic N) is 1. The lowest BCUT2D eigenvalue weighted by Crippen LogP contribution is -2.46. The van der Waals surface area contributed by atoms with E-state index in [1.54, 1.807) is 18.2 Å². The number of rotatable bonds is 2. The van der Waals surface area contributed by atoms with Crippen molar-refractivity contribution < 1.29 is 17.9 Å². The molecule has 3 rings (SSSR count). The molecule has 122 valence electrons. The number of aliphatic hydroxyl groups is 1. The van der Waals surface area contributed by atoms with E-state index in [0.717, 1.165) is 4.31 Å². The van der Waals surface area contributed by atoms with Crippen LogP contribution in [0.4, 0.5) is 4.39 Å². The van der Waals surface area contributed by atoms with E-state index in [2.05, 4.69) is 0 Å². The summed E-state index contributed by atoms with van der Waals surface area (Å²) in [7, 11) is -2.36. The molecule has 2 atom stereocenters. The first-order valence-electron chi connectivity index (χ1n) is 7.02. The van der Waals surface area contributed by atoms with Crippen LogP contribution in [0, 0.1) is 5.82 Å². The number of hydrogen-bond acceptors (Lipinski definition) is 3. The molecular weight excluding hydrogens is 341 g/mol. The van der Waals surface area contributed by atoms with Crippen molar-refractivity contribution in [3.63, 3.8) is 0 Å². The quantitative estimate of drug-likeness (QED) is 0.901. The molecule has 1 heterocycles. The molecule has 0 fully saturated rings. The first kappa shape index (κ1) is 16.4. The number of halogens is 2. The average molecular weight is 356 g/mol. The number of likely N-dealkylation sites (N-methyl/N-ethyl adjacent to an activating group) is 1. The Labute approximate surface area is 139 Å². The van der Waals surface area contributed by atoms with Crippen molar-refractivity contribution in [2.45, 2.75) is 23.5 Å². The lowest BCUT2D eigenvalue weighted by Gasteiger charge is -2.37. The minimum Gasteiger partial charge on any atom is -0.387 e. The van der Waals surface area contributed by atoms with Crippen LogP contribution in [0.5, 0.6) is 0 Å². The summed E-state index contributed by atoms with van der Waals surface area (Å²) in [6, 6.07) is 9.74. The maximum atomic E-state index is 14.0. The molecule has 1 aliphatic rings. The molecule has 0 saturated carbocycles. The minimum absolute atomic E-state index is 0.0171. The smallest absolute Gasteiger partial charge is 0.243 e. The summed E-state index contributed by atoms with van der Waals surface area (Å²) < 4.78 is 40.3. The Kier molecular flexibility index (Phi) is 4.18. The Morgan fingerprint density at radius 3 is 2.61 bits per heavy atom. The van der Waals surface area contributed by atoms with Crippen LogP contribution in [0.3, 0.4) is 0 Å². The molecule has 2 aromatic carbocycles. The topological polar surface area (TPSA) is 57.6 Å². The predicted molar refractivity (Wildman–Crippen MR) is 85.3 cm³/mol. The van der Waals surface area contributed by atoms with E-state index in [0.29, 0.717) is 5.56 Å². The summed E-state index contributed by atoms with van der Waals surface area (Å²) >= 11 is 6.03. The van der Waals surface area contributed by atoms with Crippen molar-refractivity contribution in [1.29, 1.82) is 0 Å². The second kappa shape index (κ2) is 5.87. The molecule has 0 spiro atoms. The number of hydrogen-bond donors (Lipinski definition) is 1. The summed E-state index contributed by atoms with van der Waals surface area (Å²) in [6.07, 6.45) is -1.08. The van der Waals surface area contributed by atoms with Gasteiger partial charge >= 0.3 is 0 Å². The van der Waals surface area contributed by atoms with Crippen LogP contribution in [0.1, 0.15) is 17.2 Å². The first-order chi connectivity index (χ1) is 10.8. The number of sulfonamides is 1. The van der Waals surface area contributed by atoms with Gasteiger partial charge in [0, 0.05) is 23.2 Å². The summed E-state index contributed by atoms with van der Waals surface area (Å²) in [6.45, 7) is 0. The largest absolute Gasteiger partial charge is 0.387 e. The lowest BCUT2D eigenvalue weighted by atomic mass is 9.95. The number of fused-ring (bicyclic) bond motifs is 1. The monoisotopic (exact) mass is 355 g/mol. The molecule has 7 heteroatoms. The zero-order valence-electron chi connectivity index (χ0n) is 12.3. The van der Waals surface area contributed by atoms with Gasteiger partial charge in [-0.1, -0.05) is 35.9 Å². The van der Waals surface area contributed by atoms with E-state index in [9.17, 15) is 17.9 Å². The van der Waals surface area contributed by atoms with Crippen LogP contribution in [-0.4, -0.2) is 30.9 Å². The summed E-state index contributed by atoms with van der Waals surface area (Å²) in [5.41, 5.74) is 0.516. The molecule has 0 bridgehead atoms. The van der Waals surface area contributed by atoms with Gasteiger partial charge in [0.15, 0.2) is 0 Å². The van der Waals surface area contributed by atoms with Crippen molar-refractivity contribution >= 4 is 21.6 Å². The Morgan fingerprint density at radius 1 is 1.22 bits per heavy atom. The molecule has 0 aromatic heterocycles. The molecule has 2 aromatic rings. The predicted octanol–water partition coefficient (Wildman–Crippen LogP) is 2.76. The highest BCUT2D eigenvalue weighted by molar-refractivity contribution is 7.89.